The molecule has 1 N–H and O–H groups in total. The van der Waals surface area contributed by atoms with E-state index < -0.39 is 24.4 Å². The number of ether oxygens (including phenoxy) is 4. The summed E-state index contributed by atoms with van der Waals surface area (Å²) >= 11 is 3.97. The van der Waals surface area contributed by atoms with Crippen molar-refractivity contribution in [1.29, 1.82) is 0 Å². The van der Waals surface area contributed by atoms with Gasteiger partial charge in [-0.15, -0.1) is 6.58 Å². The summed E-state index contributed by atoms with van der Waals surface area (Å²) in [7, 11) is 0. The fourth-order valence-corrected chi connectivity index (χ4v) is 3.63. The molecule has 8 heteroatoms. The summed E-state index contributed by atoms with van der Waals surface area (Å²) in [6.45, 7) is 15.3. The maximum Gasteiger partial charge on any atom is 0.302 e. The molecule has 0 bridgehead atoms. The Bertz CT molecular complexity index is 794. The molecule has 3 rings (SSSR count). The molecular weight excluding hydrogens is 504 g/mol. The first-order valence-corrected chi connectivity index (χ1v) is 13.9. The van der Waals surface area contributed by atoms with Gasteiger partial charge in [-0.05, 0) is 36.7 Å². The van der Waals surface area contributed by atoms with E-state index in [2.05, 4.69) is 19.2 Å². The standard InChI is InChI=1S/C22H28O7.C3H8S.C3H6.C2H6/c1-15(23)26-11-6-10-18-22(28-14-16-7-3-2-4-8-16)21(25)20(29-18)13-19-17(24)9-5-12-27-19;1-3(2)4;1-3-2;1-2/h2-5,7-8,12,18-22,25H,6,9-11,13-14H2,1H3;3-4H,1-2H3;3H,1H2,2H3;1-2H3/t18?,19?,20?,21?,22-;;;/m0.../s1. The Morgan fingerprint density at radius 2 is 1.84 bits per heavy atom. The number of thiol groups is 1. The second-order valence-corrected chi connectivity index (χ2v) is 9.88. The van der Waals surface area contributed by atoms with Crippen LogP contribution in [0.3, 0.4) is 0 Å². The monoisotopic (exact) mass is 552 g/mol. The molecule has 4 unspecified atom stereocenters. The number of rotatable bonds is 9. The second-order valence-electron chi connectivity index (χ2n) is 8.85. The summed E-state index contributed by atoms with van der Waals surface area (Å²) in [6.07, 6.45) is 3.76. The van der Waals surface area contributed by atoms with E-state index in [1.807, 2.05) is 65.0 Å². The lowest BCUT2D eigenvalue weighted by Crippen LogP contribution is -2.38. The zero-order valence-electron chi connectivity index (χ0n) is 23.9. The van der Waals surface area contributed by atoms with Crippen LogP contribution in [-0.2, 0) is 35.1 Å². The Morgan fingerprint density at radius 3 is 2.39 bits per heavy atom. The zero-order valence-corrected chi connectivity index (χ0v) is 24.8. The lowest BCUT2D eigenvalue weighted by atomic mass is 9.98. The molecule has 2 aliphatic rings. The number of benzene rings is 1. The third-order valence-corrected chi connectivity index (χ3v) is 5.12. The highest BCUT2D eigenvalue weighted by Crippen LogP contribution is 2.31. The van der Waals surface area contributed by atoms with Crippen molar-refractivity contribution >= 4 is 24.4 Å². The lowest BCUT2D eigenvalue weighted by molar-refractivity contribution is -0.141. The van der Waals surface area contributed by atoms with Crippen molar-refractivity contribution in [2.24, 2.45) is 0 Å². The lowest BCUT2D eigenvalue weighted by Gasteiger charge is -2.23. The number of hydrogen-bond donors (Lipinski definition) is 2. The van der Waals surface area contributed by atoms with Crippen molar-refractivity contribution in [2.75, 3.05) is 6.61 Å². The largest absolute Gasteiger partial charge is 0.490 e. The minimum atomic E-state index is -0.875. The summed E-state index contributed by atoms with van der Waals surface area (Å²) in [4.78, 5) is 23.0. The smallest absolute Gasteiger partial charge is 0.302 e. The average molecular weight is 553 g/mol. The number of hydrogen-bond acceptors (Lipinski definition) is 8. The van der Waals surface area contributed by atoms with Gasteiger partial charge in [0.05, 0.1) is 31.7 Å². The molecule has 1 aromatic carbocycles. The van der Waals surface area contributed by atoms with Gasteiger partial charge in [0.15, 0.2) is 11.9 Å². The second kappa shape index (κ2) is 21.8. The Labute approximate surface area is 235 Å². The molecule has 0 spiro atoms. The van der Waals surface area contributed by atoms with Crippen molar-refractivity contribution in [1.82, 2.24) is 0 Å². The molecule has 2 heterocycles. The van der Waals surface area contributed by atoms with Crippen molar-refractivity contribution in [3.05, 3.63) is 60.9 Å². The van der Waals surface area contributed by atoms with Crippen LogP contribution < -0.4 is 0 Å². The molecule has 216 valence electrons. The number of aliphatic hydroxyl groups excluding tert-OH is 1. The molecule has 0 saturated carbocycles. The van der Waals surface area contributed by atoms with E-state index in [-0.39, 0.29) is 30.9 Å². The Kier molecular flexibility index (Phi) is 20.5. The van der Waals surface area contributed by atoms with Crippen LogP contribution >= 0.6 is 12.6 Å². The topological polar surface area (TPSA) is 91.3 Å². The van der Waals surface area contributed by atoms with Crippen LogP contribution in [0.1, 0.15) is 72.8 Å². The summed E-state index contributed by atoms with van der Waals surface area (Å²) in [5.74, 6) is -0.350. The number of esters is 1. The minimum Gasteiger partial charge on any atom is -0.490 e. The molecule has 5 atom stereocenters. The molecule has 2 aliphatic heterocycles. The first kappa shape index (κ1) is 35.9. The van der Waals surface area contributed by atoms with Gasteiger partial charge in [0.1, 0.15) is 12.2 Å². The average Bonchev–Trinajstić information content (AvgIpc) is 3.17. The Hall–Kier alpha value is -2.13. The quantitative estimate of drug-likeness (QED) is 0.172. The van der Waals surface area contributed by atoms with E-state index in [0.717, 1.165) is 5.56 Å². The van der Waals surface area contributed by atoms with Crippen LogP contribution in [0.15, 0.2) is 55.3 Å². The molecule has 7 nitrogen and oxygen atoms in total. The predicted molar refractivity (Wildman–Crippen MR) is 155 cm³/mol. The van der Waals surface area contributed by atoms with Crippen LogP contribution in [0, 0.1) is 0 Å². The Balaban J connectivity index is 0.00000134. The number of carbonyl (C=O) groups is 2. The maximum atomic E-state index is 12.0. The molecular formula is C30H48O7S. The van der Waals surface area contributed by atoms with Gasteiger partial charge in [-0.25, -0.2) is 0 Å². The van der Waals surface area contributed by atoms with Gasteiger partial charge in [0.25, 0.3) is 0 Å². The highest BCUT2D eigenvalue weighted by molar-refractivity contribution is 7.80. The maximum absolute atomic E-state index is 12.0. The number of carbonyl (C=O) groups excluding carboxylic acids is 2. The van der Waals surface area contributed by atoms with E-state index in [1.54, 1.807) is 12.2 Å². The fraction of sp³-hybridized carbons (Fsp3) is 0.600. The van der Waals surface area contributed by atoms with Gasteiger partial charge in [0.2, 0.25) is 0 Å². The van der Waals surface area contributed by atoms with Crippen LogP contribution in [0.4, 0.5) is 0 Å². The fourth-order valence-electron chi connectivity index (χ4n) is 3.63. The highest BCUT2D eigenvalue weighted by atomic mass is 32.1. The molecule has 0 radical (unpaired) electrons. The van der Waals surface area contributed by atoms with E-state index in [0.29, 0.717) is 31.1 Å². The molecule has 1 fully saturated rings. The van der Waals surface area contributed by atoms with E-state index in [9.17, 15) is 14.7 Å². The van der Waals surface area contributed by atoms with Crippen LogP contribution in [0.5, 0.6) is 0 Å². The van der Waals surface area contributed by atoms with Gasteiger partial charge in [-0.3, -0.25) is 9.59 Å². The highest BCUT2D eigenvalue weighted by Gasteiger charge is 2.45. The summed E-state index contributed by atoms with van der Waals surface area (Å²) in [5.41, 5.74) is 0.998. The van der Waals surface area contributed by atoms with Gasteiger partial charge >= 0.3 is 5.97 Å². The Morgan fingerprint density at radius 1 is 1.24 bits per heavy atom. The van der Waals surface area contributed by atoms with Crippen LogP contribution in [0.25, 0.3) is 0 Å². The van der Waals surface area contributed by atoms with Crippen molar-refractivity contribution < 1.29 is 33.6 Å². The molecule has 1 saturated heterocycles. The van der Waals surface area contributed by atoms with E-state index in [1.165, 1.54) is 13.2 Å². The molecule has 1 aromatic rings. The predicted octanol–water partition coefficient (Wildman–Crippen LogP) is 5.85. The number of Topliss-reactive ketones (excluding diaryl/α,β-unsaturated/α-hetero) is 1. The minimum absolute atomic E-state index is 0.0247. The SMILES string of the molecule is C=CC.CC.CC(=O)OCCCC1OC(CC2OC=CCC2=O)C(O)[C@H]1OCc1ccccc1.CC(C)S. The number of aliphatic hydroxyl groups is 1. The molecule has 0 amide bonds. The van der Waals surface area contributed by atoms with Crippen molar-refractivity contribution in [3.8, 4) is 0 Å². The van der Waals surface area contributed by atoms with Gasteiger partial charge in [0, 0.05) is 19.8 Å². The zero-order chi connectivity index (χ0) is 28.9. The van der Waals surface area contributed by atoms with Gasteiger partial charge in [-0.1, -0.05) is 64.1 Å². The van der Waals surface area contributed by atoms with Gasteiger partial charge < -0.3 is 24.1 Å². The van der Waals surface area contributed by atoms with E-state index >= 15 is 0 Å². The first-order valence-electron chi connectivity index (χ1n) is 13.4. The summed E-state index contributed by atoms with van der Waals surface area (Å²) < 4.78 is 22.5. The molecule has 38 heavy (non-hydrogen) atoms. The summed E-state index contributed by atoms with van der Waals surface area (Å²) in [5, 5.41) is 11.4. The third kappa shape index (κ3) is 15.3. The van der Waals surface area contributed by atoms with Crippen molar-refractivity contribution in [2.45, 2.75) is 110 Å². The molecule has 0 aliphatic carbocycles. The third-order valence-electron chi connectivity index (χ3n) is 5.12. The molecule has 0 aromatic heterocycles. The normalized spacial score (nSPS) is 23.5. The van der Waals surface area contributed by atoms with Crippen LogP contribution in [0.2, 0.25) is 0 Å². The van der Waals surface area contributed by atoms with E-state index in [4.69, 9.17) is 18.9 Å². The number of allylic oxidation sites excluding steroid dienone is 2. The first-order chi connectivity index (χ1) is 18.2. The number of ketones is 1. The summed E-state index contributed by atoms with van der Waals surface area (Å²) in [6, 6.07) is 9.70. The van der Waals surface area contributed by atoms with Gasteiger partial charge in [-0.2, -0.15) is 12.6 Å². The van der Waals surface area contributed by atoms with Crippen molar-refractivity contribution in [3.63, 3.8) is 0 Å². The van der Waals surface area contributed by atoms with Crippen LogP contribution in [-0.4, -0.2) is 59.2 Å².